The average molecular weight is 448 g/mol. The van der Waals surface area contributed by atoms with Gasteiger partial charge in [-0.2, -0.15) is 0 Å². The topological polar surface area (TPSA) is 61.4 Å². The van der Waals surface area contributed by atoms with Gasteiger partial charge in [-0.05, 0) is 48.7 Å². The predicted octanol–water partition coefficient (Wildman–Crippen LogP) is 4.67. The van der Waals surface area contributed by atoms with Gasteiger partial charge in [0.15, 0.2) is 0 Å². The van der Waals surface area contributed by atoms with Crippen molar-refractivity contribution in [1.82, 2.24) is 10.6 Å². The maximum absolute atomic E-state index is 12.9. The Morgan fingerprint density at radius 3 is 2.34 bits per heavy atom. The summed E-state index contributed by atoms with van der Waals surface area (Å²) in [4.78, 5) is 27.6. The summed E-state index contributed by atoms with van der Waals surface area (Å²) in [6.07, 6.45) is 1.62. The number of halogens is 1. The molecule has 3 aromatic rings. The number of hydrogen-bond acceptors (Lipinski definition) is 3. The van der Waals surface area contributed by atoms with Gasteiger partial charge < -0.3 is 15.5 Å². The molecule has 1 heterocycles. The maximum atomic E-state index is 12.9. The van der Waals surface area contributed by atoms with Gasteiger partial charge in [0.1, 0.15) is 0 Å². The van der Waals surface area contributed by atoms with E-state index < -0.39 is 0 Å². The van der Waals surface area contributed by atoms with Gasteiger partial charge in [0.25, 0.3) is 11.8 Å². The molecule has 0 radical (unpaired) electrons. The highest BCUT2D eigenvalue weighted by molar-refractivity contribution is 6.30. The highest BCUT2D eigenvalue weighted by Gasteiger charge is 2.24. The van der Waals surface area contributed by atoms with Gasteiger partial charge in [-0.1, -0.05) is 60.1 Å². The van der Waals surface area contributed by atoms with E-state index >= 15 is 0 Å². The lowest BCUT2D eigenvalue weighted by Crippen LogP contribution is -2.45. The van der Waals surface area contributed by atoms with Crippen LogP contribution in [0.25, 0.3) is 0 Å². The zero-order valence-electron chi connectivity index (χ0n) is 17.8. The smallest absolute Gasteiger partial charge is 0.253 e. The van der Waals surface area contributed by atoms with Crippen LogP contribution in [0.2, 0.25) is 5.02 Å². The highest BCUT2D eigenvalue weighted by atomic mass is 35.5. The number of benzene rings is 3. The molecule has 0 aromatic heterocycles. The summed E-state index contributed by atoms with van der Waals surface area (Å²) in [6.45, 7) is 2.03. The molecule has 164 valence electrons. The number of rotatable bonds is 6. The molecule has 0 unspecified atom stereocenters. The van der Waals surface area contributed by atoms with Crippen molar-refractivity contribution in [2.24, 2.45) is 0 Å². The molecular weight excluding hydrogens is 422 g/mol. The zero-order chi connectivity index (χ0) is 22.3. The molecular formula is C26H26ClN3O2. The molecule has 1 fully saturated rings. The molecule has 0 saturated carbocycles. The van der Waals surface area contributed by atoms with Gasteiger partial charge in [0.05, 0.1) is 5.56 Å². The largest absolute Gasteiger partial charge is 0.371 e. The number of para-hydroxylation sites is 1. The second-order valence-corrected chi connectivity index (χ2v) is 8.37. The Hall–Kier alpha value is -3.31. The Balaban J connectivity index is 1.35. The van der Waals surface area contributed by atoms with E-state index in [1.807, 2.05) is 54.6 Å². The molecule has 3 aromatic carbocycles. The van der Waals surface area contributed by atoms with Crippen LogP contribution in [0.5, 0.6) is 0 Å². The molecule has 0 aliphatic carbocycles. The maximum Gasteiger partial charge on any atom is 0.253 e. The Labute approximate surface area is 193 Å². The molecule has 5 nitrogen and oxygen atoms in total. The van der Waals surface area contributed by atoms with E-state index in [0.29, 0.717) is 22.7 Å². The van der Waals surface area contributed by atoms with E-state index in [2.05, 4.69) is 15.5 Å². The van der Waals surface area contributed by atoms with Crippen LogP contribution in [0, 0.1) is 0 Å². The van der Waals surface area contributed by atoms with Crippen molar-refractivity contribution >= 4 is 29.1 Å². The minimum Gasteiger partial charge on any atom is -0.371 e. The van der Waals surface area contributed by atoms with Crippen LogP contribution < -0.4 is 15.5 Å². The number of amides is 2. The molecule has 1 aliphatic rings. The van der Waals surface area contributed by atoms with Gasteiger partial charge in [-0.25, -0.2) is 0 Å². The number of nitrogens with zero attached hydrogens (tertiary/aromatic N) is 1. The summed E-state index contributed by atoms with van der Waals surface area (Å²) in [5.74, 6) is -0.188. The first-order chi connectivity index (χ1) is 15.6. The van der Waals surface area contributed by atoms with Gasteiger partial charge >= 0.3 is 0 Å². The first-order valence-corrected chi connectivity index (χ1v) is 11.2. The molecule has 6 heteroatoms. The standard InChI is InChI=1S/C26H26ClN3O2/c27-21-10-6-9-20(17-21)25(31)29-22-13-15-30(16-14-22)24-12-5-4-11-23(24)26(32)28-18-19-7-2-1-3-8-19/h1-12,17,22H,13-16,18H2,(H,28,32)(H,29,31). The van der Waals surface area contributed by atoms with Crippen LogP contribution in [-0.4, -0.2) is 30.9 Å². The summed E-state index contributed by atoms with van der Waals surface area (Å²) in [5, 5.41) is 6.68. The van der Waals surface area contributed by atoms with Gasteiger partial charge in [0, 0.05) is 41.9 Å². The molecule has 1 saturated heterocycles. The third kappa shape index (κ3) is 5.48. The van der Waals surface area contributed by atoms with Gasteiger partial charge in [-0.15, -0.1) is 0 Å². The van der Waals surface area contributed by atoms with Crippen molar-refractivity contribution in [2.75, 3.05) is 18.0 Å². The second-order valence-electron chi connectivity index (χ2n) is 7.93. The molecule has 1 aliphatic heterocycles. The minimum absolute atomic E-state index is 0.0826. The fourth-order valence-corrected chi connectivity index (χ4v) is 4.17. The molecule has 0 atom stereocenters. The third-order valence-electron chi connectivity index (χ3n) is 5.70. The third-order valence-corrected chi connectivity index (χ3v) is 5.94. The summed E-state index contributed by atoms with van der Waals surface area (Å²) in [5.41, 5.74) is 3.23. The van der Waals surface area contributed by atoms with Crippen molar-refractivity contribution in [2.45, 2.75) is 25.4 Å². The highest BCUT2D eigenvalue weighted by Crippen LogP contribution is 2.25. The second kappa shape index (κ2) is 10.3. The lowest BCUT2D eigenvalue weighted by molar-refractivity contribution is 0.0929. The summed E-state index contributed by atoms with van der Waals surface area (Å²) < 4.78 is 0. The number of anilines is 1. The lowest BCUT2D eigenvalue weighted by atomic mass is 10.0. The number of hydrogen-bond donors (Lipinski definition) is 2. The lowest BCUT2D eigenvalue weighted by Gasteiger charge is -2.35. The zero-order valence-corrected chi connectivity index (χ0v) is 18.5. The molecule has 32 heavy (non-hydrogen) atoms. The van der Waals surface area contributed by atoms with Gasteiger partial charge in [-0.3, -0.25) is 9.59 Å². The van der Waals surface area contributed by atoms with Crippen LogP contribution in [-0.2, 0) is 6.54 Å². The van der Waals surface area contributed by atoms with Gasteiger partial charge in [0.2, 0.25) is 0 Å². The van der Waals surface area contributed by atoms with Crippen LogP contribution in [0.1, 0.15) is 39.1 Å². The Bertz CT molecular complexity index is 1080. The summed E-state index contributed by atoms with van der Waals surface area (Å²) in [7, 11) is 0. The summed E-state index contributed by atoms with van der Waals surface area (Å²) in [6, 6.07) is 24.6. The Kier molecular flexibility index (Phi) is 7.07. The normalized spacial score (nSPS) is 14.1. The van der Waals surface area contributed by atoms with Crippen LogP contribution in [0.15, 0.2) is 78.9 Å². The average Bonchev–Trinajstić information content (AvgIpc) is 2.84. The molecule has 2 amide bonds. The van der Waals surface area contributed by atoms with E-state index in [1.54, 1.807) is 24.3 Å². The molecule has 2 N–H and O–H groups in total. The van der Waals surface area contributed by atoms with Crippen molar-refractivity contribution < 1.29 is 9.59 Å². The van der Waals surface area contributed by atoms with Crippen molar-refractivity contribution in [1.29, 1.82) is 0 Å². The van der Waals surface area contributed by atoms with Crippen LogP contribution in [0.3, 0.4) is 0 Å². The van der Waals surface area contributed by atoms with Crippen molar-refractivity contribution in [3.05, 3.63) is 101 Å². The molecule has 0 spiro atoms. The monoisotopic (exact) mass is 447 g/mol. The van der Waals surface area contributed by atoms with E-state index in [-0.39, 0.29) is 17.9 Å². The van der Waals surface area contributed by atoms with Crippen molar-refractivity contribution in [3.8, 4) is 0 Å². The number of carbonyl (C=O) groups is 2. The first-order valence-electron chi connectivity index (χ1n) is 10.8. The van der Waals surface area contributed by atoms with Crippen molar-refractivity contribution in [3.63, 3.8) is 0 Å². The van der Waals surface area contributed by atoms with E-state index in [1.165, 1.54) is 0 Å². The number of nitrogens with one attached hydrogen (secondary N) is 2. The summed E-state index contributed by atoms with van der Waals surface area (Å²) >= 11 is 6.00. The van der Waals surface area contributed by atoms with Crippen LogP contribution in [0.4, 0.5) is 5.69 Å². The van der Waals surface area contributed by atoms with E-state index in [9.17, 15) is 9.59 Å². The van der Waals surface area contributed by atoms with E-state index in [0.717, 1.165) is 37.2 Å². The number of carbonyl (C=O) groups excluding carboxylic acids is 2. The fraction of sp³-hybridized carbons (Fsp3) is 0.231. The predicted molar refractivity (Wildman–Crippen MR) is 128 cm³/mol. The molecule has 4 rings (SSSR count). The minimum atomic E-state index is -0.105. The Morgan fingerprint density at radius 1 is 0.875 bits per heavy atom. The quantitative estimate of drug-likeness (QED) is 0.577. The molecule has 0 bridgehead atoms. The Morgan fingerprint density at radius 2 is 1.59 bits per heavy atom. The van der Waals surface area contributed by atoms with Crippen LogP contribution >= 0.6 is 11.6 Å². The number of piperidine rings is 1. The fourth-order valence-electron chi connectivity index (χ4n) is 3.98. The van der Waals surface area contributed by atoms with E-state index in [4.69, 9.17) is 11.6 Å². The SMILES string of the molecule is O=C(NC1CCN(c2ccccc2C(=O)NCc2ccccc2)CC1)c1cccc(Cl)c1. The first kappa shape index (κ1) is 21.9.